The average Bonchev–Trinajstić information content (AvgIpc) is 2.72. The Bertz CT molecular complexity index is 1050. The standard InChI is InChI=1S/C18H17FN2O7S/c1-20-29(25,26)13-4-5-15(19)14(9-13)16(22)21-12-7-10(17(23)27-2)6-11(8-12)18(24)28-3/h4-9,20H,1-3H3,(H,21,22). The molecule has 0 heterocycles. The molecule has 2 aromatic rings. The number of hydrogen-bond acceptors (Lipinski definition) is 7. The Kier molecular flexibility index (Phi) is 6.67. The molecule has 2 aromatic carbocycles. The van der Waals surface area contributed by atoms with Gasteiger partial charge in [0.25, 0.3) is 5.91 Å². The van der Waals surface area contributed by atoms with E-state index >= 15 is 0 Å². The van der Waals surface area contributed by atoms with Crippen molar-refractivity contribution >= 4 is 33.6 Å². The van der Waals surface area contributed by atoms with Crippen LogP contribution in [0.1, 0.15) is 31.1 Å². The van der Waals surface area contributed by atoms with Gasteiger partial charge in [-0.2, -0.15) is 0 Å². The molecule has 0 aliphatic carbocycles. The maximum atomic E-state index is 14.1. The summed E-state index contributed by atoms with van der Waals surface area (Å²) < 4.78 is 49.1. The first-order valence-corrected chi connectivity index (χ1v) is 9.47. The van der Waals surface area contributed by atoms with Crippen molar-refractivity contribution in [1.29, 1.82) is 0 Å². The van der Waals surface area contributed by atoms with Gasteiger partial charge in [0.15, 0.2) is 0 Å². The summed E-state index contributed by atoms with van der Waals surface area (Å²) in [5.74, 6) is -3.51. The average molecular weight is 424 g/mol. The minimum atomic E-state index is -3.91. The molecule has 154 valence electrons. The number of amides is 1. The largest absolute Gasteiger partial charge is 0.465 e. The van der Waals surface area contributed by atoms with Crippen LogP contribution in [0.25, 0.3) is 0 Å². The van der Waals surface area contributed by atoms with Gasteiger partial charge in [0, 0.05) is 5.69 Å². The van der Waals surface area contributed by atoms with E-state index in [1.165, 1.54) is 25.2 Å². The monoisotopic (exact) mass is 424 g/mol. The fraction of sp³-hybridized carbons (Fsp3) is 0.167. The maximum absolute atomic E-state index is 14.1. The van der Waals surface area contributed by atoms with Crippen molar-refractivity contribution in [2.75, 3.05) is 26.6 Å². The minimum absolute atomic E-state index is 0.0282. The molecule has 2 N–H and O–H groups in total. The first kappa shape index (κ1) is 22.0. The number of sulfonamides is 1. The van der Waals surface area contributed by atoms with Crippen molar-refractivity contribution in [3.8, 4) is 0 Å². The van der Waals surface area contributed by atoms with Crippen LogP contribution in [0.5, 0.6) is 0 Å². The number of anilines is 1. The molecular weight excluding hydrogens is 407 g/mol. The first-order chi connectivity index (χ1) is 13.6. The van der Waals surface area contributed by atoms with Gasteiger partial charge < -0.3 is 14.8 Å². The first-order valence-electron chi connectivity index (χ1n) is 7.99. The third-order valence-electron chi connectivity index (χ3n) is 3.79. The third-order valence-corrected chi connectivity index (χ3v) is 5.21. The molecule has 0 saturated carbocycles. The lowest BCUT2D eigenvalue weighted by atomic mass is 10.1. The zero-order chi connectivity index (χ0) is 21.8. The van der Waals surface area contributed by atoms with E-state index in [4.69, 9.17) is 0 Å². The van der Waals surface area contributed by atoms with E-state index in [0.29, 0.717) is 0 Å². The van der Waals surface area contributed by atoms with Gasteiger partial charge in [0.1, 0.15) is 5.82 Å². The molecule has 2 rings (SSSR count). The van der Waals surface area contributed by atoms with E-state index in [-0.39, 0.29) is 21.7 Å². The summed E-state index contributed by atoms with van der Waals surface area (Å²) in [7, 11) is -0.467. The minimum Gasteiger partial charge on any atom is -0.465 e. The third kappa shape index (κ3) is 4.95. The predicted molar refractivity (Wildman–Crippen MR) is 99.7 cm³/mol. The number of carbonyl (C=O) groups excluding carboxylic acids is 3. The SMILES string of the molecule is CNS(=O)(=O)c1ccc(F)c(C(=O)Nc2cc(C(=O)OC)cc(C(=O)OC)c2)c1. The van der Waals surface area contributed by atoms with Crippen LogP contribution >= 0.6 is 0 Å². The van der Waals surface area contributed by atoms with Crippen molar-refractivity contribution in [2.24, 2.45) is 0 Å². The summed E-state index contributed by atoms with van der Waals surface area (Å²) in [5, 5.41) is 2.32. The van der Waals surface area contributed by atoms with Crippen LogP contribution in [-0.4, -0.2) is 47.5 Å². The van der Waals surface area contributed by atoms with Gasteiger partial charge in [-0.1, -0.05) is 0 Å². The molecule has 0 aliphatic heterocycles. The van der Waals surface area contributed by atoms with Gasteiger partial charge in [-0.3, -0.25) is 4.79 Å². The molecule has 11 heteroatoms. The normalized spacial score (nSPS) is 10.9. The van der Waals surface area contributed by atoms with Gasteiger partial charge in [-0.25, -0.2) is 27.1 Å². The van der Waals surface area contributed by atoms with Crippen molar-refractivity contribution in [3.63, 3.8) is 0 Å². The Balaban J connectivity index is 2.46. The summed E-state index contributed by atoms with van der Waals surface area (Å²) in [4.78, 5) is 35.8. The number of rotatable bonds is 6. The maximum Gasteiger partial charge on any atom is 0.337 e. The predicted octanol–water partition coefficient (Wildman–Crippen LogP) is 1.56. The lowest BCUT2D eigenvalue weighted by Crippen LogP contribution is -2.20. The number of nitrogens with one attached hydrogen (secondary N) is 2. The Hall–Kier alpha value is -3.31. The zero-order valence-electron chi connectivity index (χ0n) is 15.6. The number of methoxy groups -OCH3 is 2. The topological polar surface area (TPSA) is 128 Å². The van der Waals surface area contributed by atoms with Gasteiger partial charge in [0.2, 0.25) is 10.0 Å². The number of carbonyl (C=O) groups is 3. The number of ether oxygens (including phenoxy) is 2. The second-order valence-electron chi connectivity index (χ2n) is 5.59. The van der Waals surface area contributed by atoms with Crippen LogP contribution in [0.15, 0.2) is 41.3 Å². The summed E-state index contributed by atoms with van der Waals surface area (Å²) in [6, 6.07) is 6.33. The van der Waals surface area contributed by atoms with Gasteiger partial charge >= 0.3 is 11.9 Å². The summed E-state index contributed by atoms with van der Waals surface area (Å²) >= 11 is 0. The van der Waals surface area contributed by atoms with Gasteiger partial charge in [-0.15, -0.1) is 0 Å². The molecule has 1 amide bonds. The summed E-state index contributed by atoms with van der Waals surface area (Å²) in [5.41, 5.74) is -0.695. The Labute approximate surface area is 165 Å². The highest BCUT2D eigenvalue weighted by Crippen LogP contribution is 2.20. The van der Waals surface area contributed by atoms with Crippen molar-refractivity contribution < 1.29 is 36.7 Å². The van der Waals surface area contributed by atoms with E-state index in [9.17, 15) is 27.2 Å². The summed E-state index contributed by atoms with van der Waals surface area (Å²) in [6.07, 6.45) is 0. The van der Waals surface area contributed by atoms with E-state index in [1.54, 1.807) is 0 Å². The molecule has 0 bridgehead atoms. The molecule has 0 aliphatic rings. The van der Waals surface area contributed by atoms with E-state index in [0.717, 1.165) is 32.4 Å². The molecular formula is C18H17FN2O7S. The smallest absolute Gasteiger partial charge is 0.337 e. The van der Waals surface area contributed by atoms with Crippen LogP contribution < -0.4 is 10.0 Å². The number of esters is 2. The fourth-order valence-corrected chi connectivity index (χ4v) is 3.09. The second-order valence-corrected chi connectivity index (χ2v) is 7.47. The molecule has 0 atom stereocenters. The number of benzene rings is 2. The van der Waals surface area contributed by atoms with E-state index in [2.05, 4.69) is 19.5 Å². The molecule has 0 unspecified atom stereocenters. The van der Waals surface area contributed by atoms with Crippen LogP contribution in [0, 0.1) is 5.82 Å². The zero-order valence-corrected chi connectivity index (χ0v) is 16.4. The Morgan fingerprint density at radius 1 is 0.931 bits per heavy atom. The quantitative estimate of drug-likeness (QED) is 0.674. The fourth-order valence-electron chi connectivity index (χ4n) is 2.33. The van der Waals surface area contributed by atoms with Crippen LogP contribution in [0.2, 0.25) is 0 Å². The number of halogens is 1. The van der Waals surface area contributed by atoms with Crippen LogP contribution in [-0.2, 0) is 19.5 Å². The highest BCUT2D eigenvalue weighted by atomic mass is 32.2. The molecule has 9 nitrogen and oxygen atoms in total. The lowest BCUT2D eigenvalue weighted by molar-refractivity contribution is 0.0598. The highest BCUT2D eigenvalue weighted by molar-refractivity contribution is 7.89. The molecule has 0 radical (unpaired) electrons. The molecule has 0 aromatic heterocycles. The van der Waals surface area contributed by atoms with E-state index < -0.39 is 39.2 Å². The van der Waals surface area contributed by atoms with Crippen molar-refractivity contribution in [2.45, 2.75) is 4.90 Å². The highest BCUT2D eigenvalue weighted by Gasteiger charge is 2.20. The lowest BCUT2D eigenvalue weighted by Gasteiger charge is -2.11. The van der Waals surface area contributed by atoms with Crippen LogP contribution in [0.3, 0.4) is 0 Å². The second kappa shape index (κ2) is 8.80. The van der Waals surface area contributed by atoms with Crippen molar-refractivity contribution in [1.82, 2.24) is 4.72 Å². The number of hydrogen-bond donors (Lipinski definition) is 2. The molecule has 0 saturated heterocycles. The van der Waals surface area contributed by atoms with E-state index in [1.807, 2.05) is 0 Å². The Morgan fingerprint density at radius 2 is 1.48 bits per heavy atom. The summed E-state index contributed by atoms with van der Waals surface area (Å²) in [6.45, 7) is 0. The van der Waals surface area contributed by atoms with Crippen LogP contribution in [0.4, 0.5) is 10.1 Å². The molecule has 0 spiro atoms. The van der Waals surface area contributed by atoms with Gasteiger partial charge in [0.05, 0.1) is 35.8 Å². The molecule has 0 fully saturated rings. The van der Waals surface area contributed by atoms with Gasteiger partial charge in [-0.05, 0) is 43.4 Å². The van der Waals surface area contributed by atoms with Crippen molar-refractivity contribution in [3.05, 3.63) is 58.9 Å². The molecule has 29 heavy (non-hydrogen) atoms. The Morgan fingerprint density at radius 3 is 1.97 bits per heavy atom.